The highest BCUT2D eigenvalue weighted by Gasteiger charge is 2.22. The molecule has 0 saturated carbocycles. The first-order valence-corrected chi connectivity index (χ1v) is 7.40. The topological polar surface area (TPSA) is 29.1 Å². The molecule has 0 fully saturated rings. The van der Waals surface area contributed by atoms with E-state index in [1.54, 1.807) is 12.1 Å². The fraction of sp³-hybridized carbons (Fsp3) is 0.0500. The lowest BCUT2D eigenvalue weighted by Gasteiger charge is -2.18. The Morgan fingerprint density at radius 2 is 1.22 bits per heavy atom. The molecule has 0 heterocycles. The molecule has 0 unspecified atom stereocenters. The van der Waals surface area contributed by atoms with Crippen LogP contribution < -0.4 is 5.32 Å². The molecule has 0 radical (unpaired) electrons. The van der Waals surface area contributed by atoms with Gasteiger partial charge in [0, 0.05) is 5.69 Å². The van der Waals surface area contributed by atoms with Crippen molar-refractivity contribution in [2.45, 2.75) is 5.92 Å². The fourth-order valence-corrected chi connectivity index (χ4v) is 2.53. The summed E-state index contributed by atoms with van der Waals surface area (Å²) in [5.74, 6) is -0.887. The number of hydrogen-bond acceptors (Lipinski definition) is 1. The lowest BCUT2D eigenvalue weighted by molar-refractivity contribution is -0.116. The number of hydrogen-bond donors (Lipinski definition) is 1. The van der Waals surface area contributed by atoms with Gasteiger partial charge in [0.1, 0.15) is 5.82 Å². The van der Waals surface area contributed by atoms with Gasteiger partial charge in [-0.1, -0.05) is 60.7 Å². The highest BCUT2D eigenvalue weighted by molar-refractivity contribution is 5.98. The Morgan fingerprint density at radius 3 is 1.70 bits per heavy atom. The molecule has 0 spiro atoms. The minimum absolute atomic E-state index is 0.144. The van der Waals surface area contributed by atoms with Crippen LogP contribution in [0.5, 0.6) is 0 Å². The molecule has 0 atom stereocenters. The molecule has 3 aromatic carbocycles. The summed E-state index contributed by atoms with van der Waals surface area (Å²) in [5, 5.41) is 2.86. The Labute approximate surface area is 134 Å². The van der Waals surface area contributed by atoms with Crippen molar-refractivity contribution in [3.63, 3.8) is 0 Å². The summed E-state index contributed by atoms with van der Waals surface area (Å²) >= 11 is 0. The van der Waals surface area contributed by atoms with Crippen molar-refractivity contribution in [2.24, 2.45) is 0 Å². The van der Waals surface area contributed by atoms with Crippen molar-refractivity contribution >= 4 is 11.6 Å². The Balaban J connectivity index is 1.92. The maximum Gasteiger partial charge on any atom is 0.236 e. The monoisotopic (exact) mass is 305 g/mol. The lowest BCUT2D eigenvalue weighted by atomic mass is 9.90. The molecule has 0 aliphatic carbocycles. The SMILES string of the molecule is O=C(Nc1ccc(F)cc1)C(c1ccccc1)c1ccccc1. The predicted molar refractivity (Wildman–Crippen MR) is 89.8 cm³/mol. The van der Waals surface area contributed by atoms with E-state index in [4.69, 9.17) is 0 Å². The summed E-state index contributed by atoms with van der Waals surface area (Å²) in [6.07, 6.45) is 0. The molecule has 3 heteroatoms. The second kappa shape index (κ2) is 6.88. The smallest absolute Gasteiger partial charge is 0.236 e. The van der Waals surface area contributed by atoms with Crippen molar-refractivity contribution in [2.75, 3.05) is 5.32 Å². The number of carbonyl (C=O) groups is 1. The number of amides is 1. The lowest BCUT2D eigenvalue weighted by Crippen LogP contribution is -2.22. The first-order chi connectivity index (χ1) is 11.2. The van der Waals surface area contributed by atoms with Gasteiger partial charge >= 0.3 is 0 Å². The van der Waals surface area contributed by atoms with Gasteiger partial charge in [-0.15, -0.1) is 0 Å². The summed E-state index contributed by atoms with van der Waals surface area (Å²) < 4.78 is 13.0. The van der Waals surface area contributed by atoms with Gasteiger partial charge in [-0.25, -0.2) is 4.39 Å². The van der Waals surface area contributed by atoms with E-state index in [-0.39, 0.29) is 11.7 Å². The fourth-order valence-electron chi connectivity index (χ4n) is 2.53. The number of nitrogens with one attached hydrogen (secondary N) is 1. The van der Waals surface area contributed by atoms with Gasteiger partial charge in [0.05, 0.1) is 5.92 Å². The molecule has 23 heavy (non-hydrogen) atoms. The summed E-state index contributed by atoms with van der Waals surface area (Å²) in [6, 6.07) is 25.0. The Bertz CT molecular complexity index is 730. The normalized spacial score (nSPS) is 10.5. The zero-order chi connectivity index (χ0) is 16.1. The minimum atomic E-state index is -0.414. The number of benzene rings is 3. The predicted octanol–water partition coefficient (Wildman–Crippen LogP) is 4.60. The number of anilines is 1. The molecule has 2 nitrogen and oxygen atoms in total. The highest BCUT2D eigenvalue weighted by Crippen LogP contribution is 2.26. The summed E-state index contributed by atoms with van der Waals surface area (Å²) in [5.41, 5.74) is 2.41. The van der Waals surface area contributed by atoms with E-state index in [1.165, 1.54) is 12.1 Å². The van der Waals surface area contributed by atoms with Crippen LogP contribution in [0.1, 0.15) is 17.0 Å². The van der Waals surface area contributed by atoms with E-state index in [0.717, 1.165) is 11.1 Å². The van der Waals surface area contributed by atoms with Crippen LogP contribution in [0.25, 0.3) is 0 Å². The molecule has 0 bridgehead atoms. The molecule has 3 rings (SSSR count). The van der Waals surface area contributed by atoms with E-state index >= 15 is 0 Å². The molecule has 1 N–H and O–H groups in total. The standard InChI is InChI=1S/C20H16FNO/c21-17-11-13-18(14-12-17)22-20(23)19(15-7-3-1-4-8-15)16-9-5-2-6-10-16/h1-14,19H,(H,22,23). The van der Waals surface area contributed by atoms with Crippen molar-refractivity contribution in [3.05, 3.63) is 102 Å². The zero-order valence-electron chi connectivity index (χ0n) is 12.4. The quantitative estimate of drug-likeness (QED) is 0.750. The molecule has 0 saturated heterocycles. The molecule has 3 aromatic rings. The number of rotatable bonds is 4. The third-order valence-corrected chi connectivity index (χ3v) is 3.64. The van der Waals surface area contributed by atoms with E-state index in [1.807, 2.05) is 60.7 Å². The first kappa shape index (κ1) is 15.0. The van der Waals surface area contributed by atoms with Crippen LogP contribution in [0.4, 0.5) is 10.1 Å². The molecular weight excluding hydrogens is 289 g/mol. The van der Waals surface area contributed by atoms with E-state index in [9.17, 15) is 9.18 Å². The average molecular weight is 305 g/mol. The van der Waals surface area contributed by atoms with E-state index in [2.05, 4.69) is 5.32 Å². The Hall–Kier alpha value is -2.94. The van der Waals surface area contributed by atoms with Gasteiger partial charge in [0.25, 0.3) is 0 Å². The van der Waals surface area contributed by atoms with Crippen molar-refractivity contribution in [1.29, 1.82) is 0 Å². The average Bonchev–Trinajstić information content (AvgIpc) is 2.59. The Morgan fingerprint density at radius 1 is 0.739 bits per heavy atom. The van der Waals surface area contributed by atoms with Crippen LogP contribution in [0, 0.1) is 5.82 Å². The molecule has 114 valence electrons. The maximum absolute atomic E-state index is 13.0. The van der Waals surface area contributed by atoms with Crippen LogP contribution >= 0.6 is 0 Å². The van der Waals surface area contributed by atoms with Gasteiger partial charge in [-0.2, -0.15) is 0 Å². The van der Waals surface area contributed by atoms with Gasteiger partial charge in [0.2, 0.25) is 5.91 Å². The van der Waals surface area contributed by atoms with Crippen molar-refractivity contribution < 1.29 is 9.18 Å². The van der Waals surface area contributed by atoms with Crippen LogP contribution in [0.3, 0.4) is 0 Å². The highest BCUT2D eigenvalue weighted by atomic mass is 19.1. The first-order valence-electron chi connectivity index (χ1n) is 7.40. The molecule has 0 aliphatic rings. The molecule has 0 aliphatic heterocycles. The minimum Gasteiger partial charge on any atom is -0.325 e. The molecule has 0 aromatic heterocycles. The third-order valence-electron chi connectivity index (χ3n) is 3.64. The molecular formula is C20H16FNO. The second-order valence-electron chi connectivity index (χ2n) is 5.25. The van der Waals surface area contributed by atoms with Gasteiger partial charge in [-0.05, 0) is 35.4 Å². The zero-order valence-corrected chi connectivity index (χ0v) is 12.4. The summed E-state index contributed by atoms with van der Waals surface area (Å²) in [4.78, 5) is 12.8. The van der Waals surface area contributed by atoms with Crippen molar-refractivity contribution in [3.8, 4) is 0 Å². The van der Waals surface area contributed by atoms with Gasteiger partial charge in [-0.3, -0.25) is 4.79 Å². The van der Waals surface area contributed by atoms with Crippen molar-refractivity contribution in [1.82, 2.24) is 0 Å². The van der Waals surface area contributed by atoms with Crippen LogP contribution in [0.2, 0.25) is 0 Å². The van der Waals surface area contributed by atoms with Gasteiger partial charge in [0.15, 0.2) is 0 Å². The van der Waals surface area contributed by atoms with E-state index < -0.39 is 5.92 Å². The molecule has 1 amide bonds. The Kier molecular flexibility index (Phi) is 4.48. The second-order valence-corrected chi connectivity index (χ2v) is 5.25. The van der Waals surface area contributed by atoms with Crippen LogP contribution in [-0.2, 0) is 4.79 Å². The largest absolute Gasteiger partial charge is 0.325 e. The summed E-state index contributed by atoms with van der Waals surface area (Å²) in [7, 11) is 0. The van der Waals surface area contributed by atoms with Crippen LogP contribution in [-0.4, -0.2) is 5.91 Å². The van der Waals surface area contributed by atoms with Gasteiger partial charge < -0.3 is 5.32 Å². The summed E-state index contributed by atoms with van der Waals surface area (Å²) in [6.45, 7) is 0. The van der Waals surface area contributed by atoms with E-state index in [0.29, 0.717) is 5.69 Å². The third kappa shape index (κ3) is 3.64. The van der Waals surface area contributed by atoms with Crippen LogP contribution in [0.15, 0.2) is 84.9 Å². The number of carbonyl (C=O) groups excluding carboxylic acids is 1. The number of halogens is 1. The maximum atomic E-state index is 13.0.